The molecule has 4 nitrogen and oxygen atoms in total. The fourth-order valence-electron chi connectivity index (χ4n) is 1.15. The quantitative estimate of drug-likeness (QED) is 0.581. The van der Waals surface area contributed by atoms with Gasteiger partial charge in [0.05, 0.1) is 16.9 Å². The predicted octanol–water partition coefficient (Wildman–Crippen LogP) is 2.32. The topological polar surface area (TPSA) is 58.1 Å². The zero-order valence-corrected chi connectivity index (χ0v) is 7.47. The van der Waals surface area contributed by atoms with E-state index in [4.69, 9.17) is 11.6 Å². The maximum atomic E-state index is 13.5. The van der Waals surface area contributed by atoms with E-state index >= 15 is 0 Å². The molecule has 70 valence electrons. The Morgan fingerprint density at radius 2 is 2.43 bits per heavy atom. The highest BCUT2D eigenvalue weighted by Crippen LogP contribution is 2.32. The van der Waals surface area contributed by atoms with Gasteiger partial charge in [-0.2, -0.15) is 4.99 Å². The molecule has 0 aliphatic carbocycles. The zero-order chi connectivity index (χ0) is 10.1. The van der Waals surface area contributed by atoms with Crippen LogP contribution in [-0.2, 0) is 4.79 Å². The summed E-state index contributed by atoms with van der Waals surface area (Å²) in [6.45, 7) is 0. The van der Waals surface area contributed by atoms with Crippen molar-refractivity contribution < 1.29 is 9.18 Å². The molecule has 2 rings (SSSR count). The molecule has 0 aliphatic rings. The SMILES string of the molecule is O=C=Nc1c(Cl)cc2[nH]cnc2c1F. The van der Waals surface area contributed by atoms with Crippen molar-refractivity contribution in [3.8, 4) is 0 Å². The van der Waals surface area contributed by atoms with Crippen molar-refractivity contribution >= 4 is 34.4 Å². The Hall–Kier alpha value is -1.71. The summed E-state index contributed by atoms with van der Waals surface area (Å²) in [5, 5.41) is 0.0441. The Morgan fingerprint density at radius 1 is 1.64 bits per heavy atom. The van der Waals surface area contributed by atoms with Crippen molar-refractivity contribution in [2.24, 2.45) is 4.99 Å². The smallest absolute Gasteiger partial charge is 0.240 e. The molecule has 0 amide bonds. The molecule has 0 unspecified atom stereocenters. The minimum absolute atomic E-state index is 0.0441. The minimum Gasteiger partial charge on any atom is -0.344 e. The van der Waals surface area contributed by atoms with Gasteiger partial charge in [-0.25, -0.2) is 14.2 Å². The van der Waals surface area contributed by atoms with Crippen LogP contribution < -0.4 is 0 Å². The Morgan fingerprint density at radius 3 is 3.14 bits per heavy atom. The first kappa shape index (κ1) is 8.87. The lowest BCUT2D eigenvalue weighted by Crippen LogP contribution is -1.81. The summed E-state index contributed by atoms with van der Waals surface area (Å²) in [6.07, 6.45) is 2.57. The van der Waals surface area contributed by atoms with Gasteiger partial charge in [-0.15, -0.1) is 0 Å². The van der Waals surface area contributed by atoms with Crippen molar-refractivity contribution in [3.63, 3.8) is 0 Å². The van der Waals surface area contributed by atoms with Gasteiger partial charge in [0, 0.05) is 0 Å². The maximum absolute atomic E-state index is 13.5. The maximum Gasteiger partial charge on any atom is 0.240 e. The van der Waals surface area contributed by atoms with E-state index in [9.17, 15) is 9.18 Å². The van der Waals surface area contributed by atoms with Gasteiger partial charge in [0.1, 0.15) is 11.2 Å². The van der Waals surface area contributed by atoms with Crippen molar-refractivity contribution in [1.29, 1.82) is 0 Å². The molecular formula is C8H3ClFN3O. The number of hydrogen-bond acceptors (Lipinski definition) is 3. The van der Waals surface area contributed by atoms with E-state index in [1.54, 1.807) is 0 Å². The van der Waals surface area contributed by atoms with E-state index in [0.29, 0.717) is 5.52 Å². The number of isocyanates is 1. The molecule has 1 N–H and O–H groups in total. The minimum atomic E-state index is -0.725. The highest BCUT2D eigenvalue weighted by Gasteiger charge is 2.13. The third kappa shape index (κ3) is 1.19. The molecule has 0 saturated carbocycles. The van der Waals surface area contributed by atoms with Crippen molar-refractivity contribution in [2.75, 3.05) is 0 Å². The molecular weight excluding hydrogens is 209 g/mol. The largest absolute Gasteiger partial charge is 0.344 e. The predicted molar refractivity (Wildman–Crippen MR) is 48.8 cm³/mol. The third-order valence-electron chi connectivity index (χ3n) is 1.74. The van der Waals surface area contributed by atoms with Gasteiger partial charge in [0.15, 0.2) is 5.82 Å². The Balaban J connectivity index is 2.88. The second-order valence-corrected chi connectivity index (χ2v) is 2.93. The van der Waals surface area contributed by atoms with E-state index in [2.05, 4.69) is 15.0 Å². The van der Waals surface area contributed by atoms with Crippen LogP contribution >= 0.6 is 11.6 Å². The van der Waals surface area contributed by atoms with Gasteiger partial charge in [-0.3, -0.25) is 0 Å². The number of aromatic amines is 1. The Labute approximate surface area is 82.4 Å². The number of nitrogens with one attached hydrogen (secondary N) is 1. The number of rotatable bonds is 1. The number of benzene rings is 1. The fraction of sp³-hybridized carbons (Fsp3) is 0. The van der Waals surface area contributed by atoms with Crippen LogP contribution in [0.5, 0.6) is 0 Å². The lowest BCUT2D eigenvalue weighted by molar-refractivity contribution is 0.564. The van der Waals surface area contributed by atoms with E-state index in [-0.39, 0.29) is 16.2 Å². The highest BCUT2D eigenvalue weighted by atomic mass is 35.5. The third-order valence-corrected chi connectivity index (χ3v) is 2.03. The number of H-pyrrole nitrogens is 1. The molecule has 0 saturated heterocycles. The van der Waals surface area contributed by atoms with E-state index in [0.717, 1.165) is 0 Å². The summed E-state index contributed by atoms with van der Waals surface area (Å²) < 4.78 is 13.5. The summed E-state index contributed by atoms with van der Waals surface area (Å²) >= 11 is 5.68. The number of halogens is 2. The van der Waals surface area contributed by atoms with E-state index in [1.165, 1.54) is 18.5 Å². The standard InChI is InChI=1S/C8H3ClFN3O/c9-4-1-5-8(12-2-11-5)6(10)7(4)13-3-14/h1-2H,(H,11,12). The molecule has 1 aromatic heterocycles. The van der Waals surface area contributed by atoms with Crippen LogP contribution in [0.4, 0.5) is 10.1 Å². The summed E-state index contributed by atoms with van der Waals surface area (Å²) in [4.78, 5) is 19.6. The Bertz CT molecular complexity index is 545. The molecule has 1 heterocycles. The van der Waals surface area contributed by atoms with E-state index in [1.807, 2.05) is 0 Å². The Kier molecular flexibility index (Phi) is 2.04. The number of aliphatic imine (C=N–C) groups is 1. The zero-order valence-electron chi connectivity index (χ0n) is 6.71. The van der Waals surface area contributed by atoms with Crippen LogP contribution in [0.2, 0.25) is 5.02 Å². The van der Waals surface area contributed by atoms with Crippen LogP contribution in [0.15, 0.2) is 17.4 Å². The highest BCUT2D eigenvalue weighted by molar-refractivity contribution is 6.33. The average Bonchev–Trinajstić information content (AvgIpc) is 2.60. The van der Waals surface area contributed by atoms with Crippen molar-refractivity contribution in [1.82, 2.24) is 9.97 Å². The van der Waals surface area contributed by atoms with Gasteiger partial charge in [-0.1, -0.05) is 11.6 Å². The molecule has 1 aromatic carbocycles. The average molecular weight is 212 g/mol. The van der Waals surface area contributed by atoms with Crippen LogP contribution in [0.25, 0.3) is 11.0 Å². The van der Waals surface area contributed by atoms with E-state index < -0.39 is 5.82 Å². The van der Waals surface area contributed by atoms with Gasteiger partial charge >= 0.3 is 0 Å². The number of nitrogens with zero attached hydrogens (tertiary/aromatic N) is 2. The molecule has 2 aromatic rings. The fourth-order valence-corrected chi connectivity index (χ4v) is 1.38. The normalized spacial score (nSPS) is 10.1. The summed E-state index contributed by atoms with van der Waals surface area (Å²) in [6, 6.07) is 1.45. The van der Waals surface area contributed by atoms with Crippen molar-refractivity contribution in [3.05, 3.63) is 23.2 Å². The van der Waals surface area contributed by atoms with Crippen LogP contribution in [0.3, 0.4) is 0 Å². The molecule has 0 bridgehead atoms. The molecule has 6 heteroatoms. The van der Waals surface area contributed by atoms with Gasteiger partial charge in [0.25, 0.3) is 0 Å². The number of carbonyl (C=O) groups excluding carboxylic acids is 1. The second-order valence-electron chi connectivity index (χ2n) is 2.52. The summed E-state index contributed by atoms with van der Waals surface area (Å²) in [5.41, 5.74) is 0.321. The number of hydrogen-bond donors (Lipinski definition) is 1. The molecule has 14 heavy (non-hydrogen) atoms. The monoisotopic (exact) mass is 211 g/mol. The number of aromatic nitrogens is 2. The summed E-state index contributed by atoms with van der Waals surface area (Å²) in [7, 11) is 0. The molecule has 0 radical (unpaired) electrons. The lowest BCUT2D eigenvalue weighted by atomic mass is 10.2. The summed E-state index contributed by atoms with van der Waals surface area (Å²) in [5.74, 6) is -0.725. The molecule has 0 spiro atoms. The molecule has 0 atom stereocenters. The van der Waals surface area contributed by atoms with Crippen LogP contribution in [-0.4, -0.2) is 16.0 Å². The van der Waals surface area contributed by atoms with Crippen LogP contribution in [0, 0.1) is 5.82 Å². The first-order valence-electron chi connectivity index (χ1n) is 3.63. The van der Waals surface area contributed by atoms with Gasteiger partial charge in [0.2, 0.25) is 6.08 Å². The van der Waals surface area contributed by atoms with Crippen LogP contribution in [0.1, 0.15) is 0 Å². The first-order valence-corrected chi connectivity index (χ1v) is 4.01. The van der Waals surface area contributed by atoms with Gasteiger partial charge < -0.3 is 4.98 Å². The molecule has 0 fully saturated rings. The number of imidazole rings is 1. The first-order chi connectivity index (χ1) is 6.74. The lowest BCUT2D eigenvalue weighted by Gasteiger charge is -1.98. The number of fused-ring (bicyclic) bond motifs is 1. The second kappa shape index (κ2) is 3.21. The van der Waals surface area contributed by atoms with Gasteiger partial charge in [-0.05, 0) is 6.07 Å². The van der Waals surface area contributed by atoms with Crippen molar-refractivity contribution in [2.45, 2.75) is 0 Å². The molecule has 0 aliphatic heterocycles.